The van der Waals surface area contributed by atoms with E-state index in [9.17, 15) is 13.2 Å². The van der Waals surface area contributed by atoms with Crippen LogP contribution in [-0.2, 0) is 11.0 Å². The van der Waals surface area contributed by atoms with Crippen LogP contribution in [0.2, 0.25) is 0 Å². The molecule has 2 aromatic carbocycles. The van der Waals surface area contributed by atoms with Crippen LogP contribution in [0.25, 0.3) is 11.0 Å². The average Bonchev–Trinajstić information content (AvgIpc) is 3.35. The monoisotopic (exact) mass is 488 g/mol. The van der Waals surface area contributed by atoms with Crippen molar-refractivity contribution in [1.29, 1.82) is 0 Å². The number of furan rings is 1. The highest BCUT2D eigenvalue weighted by atomic mass is 19.4. The maximum Gasteiger partial charge on any atom is 0.416 e. The lowest BCUT2D eigenvalue weighted by atomic mass is 10.0. The molecule has 0 atom stereocenters. The van der Waals surface area contributed by atoms with E-state index >= 15 is 0 Å². The van der Waals surface area contributed by atoms with Gasteiger partial charge in [-0.2, -0.15) is 13.2 Å². The van der Waals surface area contributed by atoms with Crippen LogP contribution in [0.5, 0.6) is 0 Å². The van der Waals surface area contributed by atoms with Crippen molar-refractivity contribution >= 4 is 22.4 Å². The van der Waals surface area contributed by atoms with Gasteiger partial charge in [-0.15, -0.1) is 0 Å². The molecule has 35 heavy (non-hydrogen) atoms. The Morgan fingerprint density at radius 3 is 2.49 bits per heavy atom. The summed E-state index contributed by atoms with van der Waals surface area (Å²) in [5.74, 6) is 0. The van der Waals surface area contributed by atoms with Crippen molar-refractivity contribution in [2.24, 2.45) is 10.9 Å². The van der Waals surface area contributed by atoms with Crippen LogP contribution >= 0.6 is 0 Å². The van der Waals surface area contributed by atoms with Crippen molar-refractivity contribution in [1.82, 2.24) is 4.90 Å². The molecule has 3 aromatic rings. The molecular formula is C26H31F3N4O2. The molecule has 0 amide bonds. The highest BCUT2D eigenvalue weighted by Crippen LogP contribution is 2.30. The third-order valence-electron chi connectivity index (χ3n) is 6.24. The second-order valence-corrected chi connectivity index (χ2v) is 8.64. The van der Waals surface area contributed by atoms with Crippen LogP contribution in [0, 0.1) is 0 Å². The molecule has 1 saturated heterocycles. The van der Waals surface area contributed by atoms with Crippen molar-refractivity contribution in [3.8, 4) is 0 Å². The van der Waals surface area contributed by atoms with E-state index in [2.05, 4.69) is 33.2 Å². The van der Waals surface area contributed by atoms with E-state index in [-0.39, 0.29) is 6.61 Å². The van der Waals surface area contributed by atoms with Crippen molar-refractivity contribution in [2.75, 3.05) is 50.8 Å². The average molecular weight is 489 g/mol. The van der Waals surface area contributed by atoms with Crippen molar-refractivity contribution < 1.29 is 22.4 Å². The molecule has 2 N–H and O–H groups in total. The van der Waals surface area contributed by atoms with Crippen LogP contribution in [0.4, 0.5) is 18.9 Å². The van der Waals surface area contributed by atoms with Gasteiger partial charge in [0.15, 0.2) is 5.58 Å². The fourth-order valence-electron chi connectivity index (χ4n) is 4.34. The van der Waals surface area contributed by atoms with Crippen LogP contribution in [0.15, 0.2) is 64.4 Å². The van der Waals surface area contributed by atoms with E-state index in [0.717, 1.165) is 74.4 Å². The van der Waals surface area contributed by atoms with Gasteiger partial charge in [-0.1, -0.05) is 29.4 Å². The van der Waals surface area contributed by atoms with Gasteiger partial charge in [0.1, 0.15) is 6.61 Å². The number of fused-ring (bicyclic) bond motifs is 1. The molecule has 0 unspecified atom stereocenters. The summed E-state index contributed by atoms with van der Waals surface area (Å²) in [7, 11) is 0. The third kappa shape index (κ3) is 6.55. The maximum atomic E-state index is 12.9. The Labute approximate surface area is 203 Å². The molecule has 0 bridgehead atoms. The SMILES string of the molecule is NCCO/N=C(\CCCCN1CCN(c2cccc3ccoc23)CC1)c1ccc(C(F)(F)F)cc1. The molecule has 188 valence electrons. The van der Waals surface area contributed by atoms with Gasteiger partial charge in [0, 0.05) is 38.1 Å². The van der Waals surface area contributed by atoms with E-state index in [1.807, 2.05) is 6.07 Å². The molecule has 1 aromatic heterocycles. The van der Waals surface area contributed by atoms with Gasteiger partial charge in [-0.3, -0.25) is 4.90 Å². The number of hydrogen-bond donors (Lipinski definition) is 1. The Balaban J connectivity index is 1.26. The molecular weight excluding hydrogens is 457 g/mol. The second-order valence-electron chi connectivity index (χ2n) is 8.64. The van der Waals surface area contributed by atoms with Crippen molar-refractivity contribution in [3.05, 3.63) is 65.9 Å². The lowest BCUT2D eigenvalue weighted by molar-refractivity contribution is -0.137. The first-order valence-electron chi connectivity index (χ1n) is 12.0. The summed E-state index contributed by atoms with van der Waals surface area (Å²) in [4.78, 5) is 10.1. The summed E-state index contributed by atoms with van der Waals surface area (Å²) in [6.45, 7) is 5.36. The summed E-state index contributed by atoms with van der Waals surface area (Å²) in [6, 6.07) is 13.3. The normalized spacial score (nSPS) is 15.7. The molecule has 6 nitrogen and oxygen atoms in total. The number of anilines is 1. The zero-order valence-electron chi connectivity index (χ0n) is 19.6. The Morgan fingerprint density at radius 1 is 1.00 bits per heavy atom. The largest absolute Gasteiger partial charge is 0.462 e. The van der Waals surface area contributed by atoms with Crippen molar-refractivity contribution in [2.45, 2.75) is 25.4 Å². The number of nitrogens with zero attached hydrogens (tertiary/aromatic N) is 3. The fourth-order valence-corrected chi connectivity index (χ4v) is 4.34. The minimum absolute atomic E-state index is 0.264. The summed E-state index contributed by atoms with van der Waals surface area (Å²) < 4.78 is 44.3. The molecule has 0 aliphatic carbocycles. The first kappa shape index (κ1) is 25.1. The minimum atomic E-state index is -4.36. The molecule has 0 spiro atoms. The van der Waals surface area contributed by atoms with Gasteiger partial charge >= 0.3 is 6.18 Å². The third-order valence-corrected chi connectivity index (χ3v) is 6.24. The second kappa shape index (κ2) is 11.6. The molecule has 0 saturated carbocycles. The minimum Gasteiger partial charge on any atom is -0.462 e. The van der Waals surface area contributed by atoms with Gasteiger partial charge < -0.3 is 19.9 Å². The molecule has 4 rings (SSSR count). The molecule has 0 radical (unpaired) electrons. The quantitative estimate of drug-likeness (QED) is 0.244. The lowest BCUT2D eigenvalue weighted by Gasteiger charge is -2.36. The number of rotatable bonds is 10. The Morgan fingerprint density at radius 2 is 1.77 bits per heavy atom. The number of halogens is 3. The molecule has 1 aliphatic rings. The van der Waals surface area contributed by atoms with Crippen molar-refractivity contribution in [3.63, 3.8) is 0 Å². The predicted molar refractivity (Wildman–Crippen MR) is 132 cm³/mol. The first-order chi connectivity index (χ1) is 17.0. The van der Waals surface area contributed by atoms with Gasteiger partial charge in [0.2, 0.25) is 0 Å². The zero-order valence-corrected chi connectivity index (χ0v) is 19.6. The topological polar surface area (TPSA) is 67.2 Å². The number of oxime groups is 1. The van der Waals surface area contributed by atoms with E-state index in [1.54, 1.807) is 6.26 Å². The van der Waals surface area contributed by atoms with Gasteiger partial charge in [-0.05, 0) is 55.6 Å². The number of unbranched alkanes of at least 4 members (excludes halogenated alkanes) is 1. The number of piperazine rings is 1. The van der Waals surface area contributed by atoms with Crippen LogP contribution < -0.4 is 10.6 Å². The Hall–Kier alpha value is -3.04. The number of benzene rings is 2. The Bertz CT molecular complexity index is 1100. The molecule has 9 heteroatoms. The summed E-state index contributed by atoms with van der Waals surface area (Å²) >= 11 is 0. The predicted octanol–water partition coefficient (Wildman–Crippen LogP) is 5.12. The number of para-hydroxylation sites is 1. The maximum absolute atomic E-state index is 12.9. The van der Waals surface area contributed by atoms with Gasteiger partial charge in [-0.25, -0.2) is 0 Å². The van der Waals surface area contributed by atoms with Crippen LogP contribution in [-0.4, -0.2) is 56.5 Å². The molecule has 2 heterocycles. The number of hydrogen-bond acceptors (Lipinski definition) is 6. The van der Waals surface area contributed by atoms with E-state index in [0.29, 0.717) is 24.2 Å². The van der Waals surface area contributed by atoms with Crippen LogP contribution in [0.1, 0.15) is 30.4 Å². The molecule has 1 aliphatic heterocycles. The smallest absolute Gasteiger partial charge is 0.416 e. The number of alkyl halides is 3. The zero-order chi connectivity index (χ0) is 24.7. The first-order valence-corrected chi connectivity index (χ1v) is 12.0. The van der Waals surface area contributed by atoms with E-state index < -0.39 is 11.7 Å². The Kier molecular flexibility index (Phi) is 8.30. The van der Waals surface area contributed by atoms with Crippen LogP contribution in [0.3, 0.4) is 0 Å². The van der Waals surface area contributed by atoms with Gasteiger partial charge in [0.05, 0.1) is 23.2 Å². The lowest BCUT2D eigenvalue weighted by Crippen LogP contribution is -2.46. The van der Waals surface area contributed by atoms with E-state index in [1.165, 1.54) is 12.1 Å². The fraction of sp³-hybridized carbons (Fsp3) is 0.423. The summed E-state index contributed by atoms with van der Waals surface area (Å²) in [5, 5.41) is 5.27. The molecule has 1 fully saturated rings. The highest BCUT2D eigenvalue weighted by Gasteiger charge is 2.30. The standard InChI is InChI=1S/C26H31F3N4O2/c27-26(28,29)22-9-7-20(8-10-22)23(31-35-19-12-30)5-1-2-13-32-14-16-33(17-15-32)24-6-3-4-21-11-18-34-25(21)24/h3-4,6-11,18H,1-2,5,12-17,19,30H2/b31-23+. The van der Waals surface area contributed by atoms with Gasteiger partial charge in [0.25, 0.3) is 0 Å². The number of nitrogens with two attached hydrogens (primary N) is 1. The summed E-state index contributed by atoms with van der Waals surface area (Å²) in [6.07, 6.45) is -0.188. The summed E-state index contributed by atoms with van der Waals surface area (Å²) in [5.41, 5.74) is 8.14. The highest BCUT2D eigenvalue weighted by molar-refractivity contribution is 6.00. The van der Waals surface area contributed by atoms with E-state index in [4.69, 9.17) is 15.0 Å².